The molecule has 8 nitrogen and oxygen atoms in total. The van der Waals surface area contributed by atoms with E-state index >= 15 is 0 Å². The van der Waals surface area contributed by atoms with Gasteiger partial charge in [0, 0.05) is 78.4 Å². The Hall–Kier alpha value is -2.61. The number of guanidine groups is 1. The molecule has 0 radical (unpaired) electrons. The van der Waals surface area contributed by atoms with E-state index in [2.05, 4.69) is 25.4 Å². The van der Waals surface area contributed by atoms with E-state index in [4.69, 9.17) is 0 Å². The number of aliphatic imine (C=N–C) groups is 1. The predicted molar refractivity (Wildman–Crippen MR) is 128 cm³/mol. The molecule has 1 heterocycles. The third-order valence-electron chi connectivity index (χ3n) is 6.37. The number of carbonyl (C=O) groups is 2. The summed E-state index contributed by atoms with van der Waals surface area (Å²) in [7, 11) is 5.30. The zero-order chi connectivity index (χ0) is 22.9. The molecule has 2 N–H and O–H groups in total. The van der Waals surface area contributed by atoms with Crippen molar-refractivity contribution in [3.8, 4) is 0 Å². The Balaban J connectivity index is 1.32. The molecule has 1 aliphatic heterocycles. The molecule has 1 saturated carbocycles. The minimum Gasteiger partial charge on any atom is -0.356 e. The quantitative estimate of drug-likeness (QED) is 0.465. The molecule has 2 fully saturated rings. The molecule has 0 atom stereocenters. The molecule has 2 aliphatic rings. The van der Waals surface area contributed by atoms with Gasteiger partial charge < -0.3 is 20.4 Å². The van der Waals surface area contributed by atoms with Crippen LogP contribution in [0.1, 0.15) is 35.2 Å². The highest BCUT2D eigenvalue weighted by atomic mass is 16.2. The molecule has 1 aromatic rings. The number of piperazine rings is 1. The predicted octanol–water partition coefficient (Wildman–Crippen LogP) is 1.04. The molecule has 32 heavy (non-hydrogen) atoms. The number of hydrogen-bond donors (Lipinski definition) is 2. The average molecular weight is 443 g/mol. The topological polar surface area (TPSA) is 80.3 Å². The maximum absolute atomic E-state index is 12.4. The summed E-state index contributed by atoms with van der Waals surface area (Å²) in [4.78, 5) is 34.8. The summed E-state index contributed by atoms with van der Waals surface area (Å²) < 4.78 is 0. The summed E-state index contributed by atoms with van der Waals surface area (Å²) in [5.41, 5.74) is 1.83. The molecule has 8 heteroatoms. The van der Waals surface area contributed by atoms with Crippen molar-refractivity contribution in [3.63, 3.8) is 0 Å². The van der Waals surface area contributed by atoms with Crippen LogP contribution in [0.3, 0.4) is 0 Å². The minimum absolute atomic E-state index is 0.0190. The summed E-state index contributed by atoms with van der Waals surface area (Å²) in [6.07, 6.45) is 4.18. The van der Waals surface area contributed by atoms with Gasteiger partial charge in [-0.1, -0.05) is 18.6 Å². The highest BCUT2D eigenvalue weighted by Gasteiger charge is 2.30. The molecule has 1 aromatic carbocycles. The first-order valence-corrected chi connectivity index (χ1v) is 11.7. The van der Waals surface area contributed by atoms with Gasteiger partial charge in [0.15, 0.2) is 5.96 Å². The van der Waals surface area contributed by atoms with Crippen LogP contribution in [0.5, 0.6) is 0 Å². The van der Waals surface area contributed by atoms with Gasteiger partial charge >= 0.3 is 0 Å². The monoisotopic (exact) mass is 442 g/mol. The Morgan fingerprint density at radius 1 is 1.09 bits per heavy atom. The summed E-state index contributed by atoms with van der Waals surface area (Å²) in [6, 6.07) is 7.77. The first kappa shape index (κ1) is 24.0. The van der Waals surface area contributed by atoms with E-state index in [1.165, 1.54) is 6.42 Å². The Kier molecular flexibility index (Phi) is 8.90. The van der Waals surface area contributed by atoms with E-state index in [1.54, 1.807) is 26.0 Å². The Bertz CT molecular complexity index is 797. The summed E-state index contributed by atoms with van der Waals surface area (Å²) in [6.45, 7) is 6.04. The van der Waals surface area contributed by atoms with Gasteiger partial charge in [0.2, 0.25) is 5.91 Å². The van der Waals surface area contributed by atoms with Crippen molar-refractivity contribution in [1.82, 2.24) is 25.3 Å². The molecular weight excluding hydrogens is 404 g/mol. The van der Waals surface area contributed by atoms with Crippen molar-refractivity contribution < 1.29 is 9.59 Å². The lowest BCUT2D eigenvalue weighted by molar-refractivity contribution is -0.139. The van der Waals surface area contributed by atoms with Gasteiger partial charge in [0.1, 0.15) is 0 Å². The van der Waals surface area contributed by atoms with E-state index in [1.807, 2.05) is 24.3 Å². The molecular formula is C24H38N6O2. The maximum atomic E-state index is 12.4. The van der Waals surface area contributed by atoms with Gasteiger partial charge in [-0.3, -0.25) is 19.5 Å². The van der Waals surface area contributed by atoms with Crippen molar-refractivity contribution in [2.75, 3.05) is 67.0 Å². The Morgan fingerprint density at radius 2 is 1.81 bits per heavy atom. The Labute approximate surface area is 192 Å². The van der Waals surface area contributed by atoms with Crippen molar-refractivity contribution in [2.45, 2.75) is 25.7 Å². The smallest absolute Gasteiger partial charge is 0.253 e. The van der Waals surface area contributed by atoms with E-state index in [9.17, 15) is 9.59 Å². The summed E-state index contributed by atoms with van der Waals surface area (Å²) >= 11 is 0. The van der Waals surface area contributed by atoms with Crippen LogP contribution in [0, 0.1) is 5.92 Å². The summed E-state index contributed by atoms with van der Waals surface area (Å²) in [5.74, 6) is 1.47. The van der Waals surface area contributed by atoms with Crippen LogP contribution in [-0.4, -0.2) is 99.4 Å². The molecule has 0 unspecified atom stereocenters. The molecule has 0 aromatic heterocycles. The first-order chi connectivity index (χ1) is 15.5. The first-order valence-electron chi connectivity index (χ1n) is 11.7. The number of nitrogens with one attached hydrogen (secondary N) is 2. The van der Waals surface area contributed by atoms with E-state index < -0.39 is 0 Å². The molecule has 0 bridgehead atoms. The maximum Gasteiger partial charge on any atom is 0.253 e. The van der Waals surface area contributed by atoms with Crippen LogP contribution < -0.4 is 10.6 Å². The standard InChI is InChI=1S/C24H38N6O2/c1-25-24(26-11-10-19-6-4-9-21(18-19)22(31)28(2)3)27-12-13-29-14-16-30(17-15-29)23(32)20-7-5-8-20/h4,6,9,18,20H,5,7-8,10-17H2,1-3H3,(H2,25,26,27). The lowest BCUT2D eigenvalue weighted by Crippen LogP contribution is -2.52. The van der Waals surface area contributed by atoms with Crippen LogP contribution in [0.15, 0.2) is 29.3 Å². The van der Waals surface area contributed by atoms with Crippen molar-refractivity contribution in [1.29, 1.82) is 0 Å². The zero-order valence-electron chi connectivity index (χ0n) is 19.8. The molecule has 1 saturated heterocycles. The number of rotatable bonds is 8. The second kappa shape index (κ2) is 11.9. The van der Waals surface area contributed by atoms with E-state index in [-0.39, 0.29) is 5.91 Å². The molecule has 2 amide bonds. The third-order valence-corrected chi connectivity index (χ3v) is 6.37. The highest BCUT2D eigenvalue weighted by Crippen LogP contribution is 2.28. The van der Waals surface area contributed by atoms with Crippen LogP contribution in [0.4, 0.5) is 0 Å². The lowest BCUT2D eigenvalue weighted by Gasteiger charge is -2.38. The summed E-state index contributed by atoms with van der Waals surface area (Å²) in [5, 5.41) is 6.72. The van der Waals surface area contributed by atoms with Gasteiger partial charge in [-0.05, 0) is 37.0 Å². The van der Waals surface area contributed by atoms with Crippen LogP contribution in [0.25, 0.3) is 0 Å². The molecule has 1 aliphatic carbocycles. The van der Waals surface area contributed by atoms with Gasteiger partial charge in [-0.25, -0.2) is 0 Å². The lowest BCUT2D eigenvalue weighted by atomic mass is 9.84. The fourth-order valence-corrected chi connectivity index (χ4v) is 4.10. The van der Waals surface area contributed by atoms with Gasteiger partial charge in [-0.15, -0.1) is 0 Å². The number of nitrogens with zero attached hydrogens (tertiary/aromatic N) is 4. The third kappa shape index (κ3) is 6.69. The minimum atomic E-state index is 0.0190. The SMILES string of the molecule is CN=C(NCCc1cccc(C(=O)N(C)C)c1)NCCN1CCN(C(=O)C2CCC2)CC1. The fraction of sp³-hybridized carbons (Fsp3) is 0.625. The second-order valence-electron chi connectivity index (χ2n) is 8.87. The number of hydrogen-bond acceptors (Lipinski definition) is 4. The number of benzene rings is 1. The Morgan fingerprint density at radius 3 is 2.44 bits per heavy atom. The van der Waals surface area contributed by atoms with Crippen LogP contribution in [-0.2, 0) is 11.2 Å². The van der Waals surface area contributed by atoms with Crippen LogP contribution >= 0.6 is 0 Å². The van der Waals surface area contributed by atoms with Crippen molar-refractivity contribution in [3.05, 3.63) is 35.4 Å². The number of carbonyl (C=O) groups excluding carboxylic acids is 2. The average Bonchev–Trinajstić information content (AvgIpc) is 2.77. The highest BCUT2D eigenvalue weighted by molar-refractivity contribution is 5.94. The molecule has 3 rings (SSSR count). The molecule has 176 valence electrons. The van der Waals surface area contributed by atoms with E-state index in [0.717, 1.165) is 76.6 Å². The second-order valence-corrected chi connectivity index (χ2v) is 8.87. The normalized spacial score (nSPS) is 17.6. The van der Waals surface area contributed by atoms with Gasteiger partial charge in [0.05, 0.1) is 0 Å². The van der Waals surface area contributed by atoms with E-state index in [0.29, 0.717) is 17.4 Å². The van der Waals surface area contributed by atoms with Crippen molar-refractivity contribution >= 4 is 17.8 Å². The van der Waals surface area contributed by atoms with Gasteiger partial charge in [-0.2, -0.15) is 0 Å². The van der Waals surface area contributed by atoms with Crippen molar-refractivity contribution in [2.24, 2.45) is 10.9 Å². The van der Waals surface area contributed by atoms with Crippen LogP contribution in [0.2, 0.25) is 0 Å². The zero-order valence-corrected chi connectivity index (χ0v) is 19.8. The van der Waals surface area contributed by atoms with Gasteiger partial charge in [0.25, 0.3) is 5.91 Å². The molecule has 0 spiro atoms. The largest absolute Gasteiger partial charge is 0.356 e. The number of amides is 2. The fourth-order valence-electron chi connectivity index (χ4n) is 4.10.